The van der Waals surface area contributed by atoms with E-state index in [9.17, 15) is 9.50 Å². The number of hydrogen-bond acceptors (Lipinski definition) is 4. The maximum absolute atomic E-state index is 13.0. The average Bonchev–Trinajstić information content (AvgIpc) is 2.55. The third kappa shape index (κ3) is 5.58. The Morgan fingerprint density at radius 3 is 2.38 bits per heavy atom. The lowest BCUT2D eigenvalue weighted by atomic mass is 10.1. The van der Waals surface area contributed by atoms with Crippen molar-refractivity contribution in [3.63, 3.8) is 0 Å². The minimum atomic E-state index is -0.664. The van der Waals surface area contributed by atoms with Crippen LogP contribution in [0.5, 0.6) is 5.75 Å². The molecule has 24 heavy (non-hydrogen) atoms. The maximum atomic E-state index is 13.0. The van der Waals surface area contributed by atoms with Gasteiger partial charge in [0, 0.05) is 19.6 Å². The fourth-order valence-corrected chi connectivity index (χ4v) is 2.61. The number of hydrogen-bond donors (Lipinski definition) is 1. The van der Waals surface area contributed by atoms with Crippen LogP contribution < -0.4 is 4.74 Å². The molecule has 0 saturated carbocycles. The molecule has 1 aromatic carbocycles. The fourth-order valence-electron chi connectivity index (χ4n) is 2.61. The van der Waals surface area contributed by atoms with E-state index in [4.69, 9.17) is 4.74 Å². The summed E-state index contributed by atoms with van der Waals surface area (Å²) < 4.78 is 18.1. The molecule has 0 amide bonds. The lowest BCUT2D eigenvalue weighted by Gasteiger charge is -2.26. The molecular weight excluding hydrogens is 307 g/mol. The number of methoxy groups -OCH3 is 1. The van der Waals surface area contributed by atoms with Gasteiger partial charge in [0.2, 0.25) is 0 Å². The molecule has 0 aliphatic heterocycles. The topological polar surface area (TPSA) is 45.6 Å². The molecule has 0 unspecified atom stereocenters. The molecule has 1 aromatic heterocycles. The van der Waals surface area contributed by atoms with E-state index in [0.717, 1.165) is 18.0 Å². The van der Waals surface area contributed by atoms with Crippen molar-refractivity contribution in [1.29, 1.82) is 0 Å². The highest BCUT2D eigenvalue weighted by Crippen LogP contribution is 2.18. The van der Waals surface area contributed by atoms with Crippen molar-refractivity contribution in [2.75, 3.05) is 20.2 Å². The summed E-state index contributed by atoms with van der Waals surface area (Å²) in [5, 5.41) is 10.5. The summed E-state index contributed by atoms with van der Waals surface area (Å²) in [7, 11) is 1.61. The zero-order valence-electron chi connectivity index (χ0n) is 14.4. The SMILES string of the molecule is COc1ccc(CN(CC(C)C)C[C@H](O)c2ccc(F)cc2)nc1. The standard InChI is InChI=1S/C19H25FN2O2/c1-14(2)11-22(12-17-8-9-18(24-3)10-21-17)13-19(23)15-4-6-16(20)7-5-15/h4-10,14,19,23H,11-13H2,1-3H3/t19-/m0/s1. The molecule has 130 valence electrons. The average molecular weight is 332 g/mol. The number of aromatic nitrogens is 1. The Kier molecular flexibility index (Phi) is 6.70. The van der Waals surface area contributed by atoms with Crippen LogP contribution in [0.1, 0.15) is 31.2 Å². The maximum Gasteiger partial charge on any atom is 0.137 e. The molecule has 0 aliphatic carbocycles. The monoisotopic (exact) mass is 332 g/mol. The molecule has 0 saturated heterocycles. The lowest BCUT2D eigenvalue weighted by Crippen LogP contribution is -2.32. The molecule has 2 aromatic rings. The quantitative estimate of drug-likeness (QED) is 0.804. The molecule has 0 fully saturated rings. The number of rotatable bonds is 8. The van der Waals surface area contributed by atoms with Gasteiger partial charge >= 0.3 is 0 Å². The summed E-state index contributed by atoms with van der Waals surface area (Å²) in [6.45, 7) is 6.22. The van der Waals surface area contributed by atoms with Crippen LogP contribution in [0.15, 0.2) is 42.6 Å². The number of nitrogens with zero attached hydrogens (tertiary/aromatic N) is 2. The molecule has 2 rings (SSSR count). The van der Waals surface area contributed by atoms with E-state index in [1.807, 2.05) is 12.1 Å². The van der Waals surface area contributed by atoms with Crippen molar-refractivity contribution < 1.29 is 14.2 Å². The van der Waals surface area contributed by atoms with Gasteiger partial charge in [0.25, 0.3) is 0 Å². The van der Waals surface area contributed by atoms with Crippen molar-refractivity contribution in [2.45, 2.75) is 26.5 Å². The van der Waals surface area contributed by atoms with Gasteiger partial charge in [-0.1, -0.05) is 26.0 Å². The van der Waals surface area contributed by atoms with Crippen LogP contribution in [0.25, 0.3) is 0 Å². The van der Waals surface area contributed by atoms with Crippen molar-refractivity contribution in [3.05, 3.63) is 59.7 Å². The lowest BCUT2D eigenvalue weighted by molar-refractivity contribution is 0.101. The molecule has 5 heteroatoms. The highest BCUT2D eigenvalue weighted by Gasteiger charge is 2.16. The van der Waals surface area contributed by atoms with Crippen molar-refractivity contribution in [1.82, 2.24) is 9.88 Å². The predicted molar refractivity (Wildman–Crippen MR) is 92.3 cm³/mol. The third-order valence-electron chi connectivity index (χ3n) is 3.73. The Morgan fingerprint density at radius 1 is 1.12 bits per heavy atom. The normalized spacial score (nSPS) is 12.6. The molecule has 1 N–H and O–H groups in total. The number of ether oxygens (including phenoxy) is 1. The molecular formula is C19H25FN2O2. The largest absolute Gasteiger partial charge is 0.495 e. The van der Waals surface area contributed by atoms with Crippen LogP contribution in [0, 0.1) is 11.7 Å². The second-order valence-electron chi connectivity index (χ2n) is 6.34. The molecule has 0 spiro atoms. The number of pyridine rings is 1. The summed E-state index contributed by atoms with van der Waals surface area (Å²) in [6.07, 6.45) is 1.03. The first-order valence-corrected chi connectivity index (χ1v) is 8.12. The first-order chi connectivity index (χ1) is 11.5. The van der Waals surface area contributed by atoms with Crippen LogP contribution in [-0.2, 0) is 6.54 Å². The van der Waals surface area contributed by atoms with Crippen LogP contribution >= 0.6 is 0 Å². The Balaban J connectivity index is 2.04. The van der Waals surface area contributed by atoms with E-state index in [2.05, 4.69) is 23.7 Å². The van der Waals surface area contributed by atoms with Gasteiger partial charge in [0.1, 0.15) is 11.6 Å². The van der Waals surface area contributed by atoms with Crippen LogP contribution in [-0.4, -0.2) is 35.2 Å². The molecule has 4 nitrogen and oxygen atoms in total. The van der Waals surface area contributed by atoms with E-state index in [1.165, 1.54) is 12.1 Å². The summed E-state index contributed by atoms with van der Waals surface area (Å²) in [4.78, 5) is 6.55. The van der Waals surface area contributed by atoms with Gasteiger partial charge in [0.05, 0.1) is 25.1 Å². The highest BCUT2D eigenvalue weighted by molar-refractivity contribution is 5.20. The fraction of sp³-hybridized carbons (Fsp3) is 0.421. The van der Waals surface area contributed by atoms with E-state index in [0.29, 0.717) is 24.6 Å². The third-order valence-corrected chi connectivity index (χ3v) is 3.73. The smallest absolute Gasteiger partial charge is 0.137 e. The van der Waals surface area contributed by atoms with E-state index in [1.54, 1.807) is 25.4 Å². The Labute approximate surface area is 142 Å². The summed E-state index contributed by atoms with van der Waals surface area (Å²) >= 11 is 0. The van der Waals surface area contributed by atoms with Crippen molar-refractivity contribution >= 4 is 0 Å². The Morgan fingerprint density at radius 2 is 1.83 bits per heavy atom. The van der Waals surface area contributed by atoms with Gasteiger partial charge in [-0.25, -0.2) is 4.39 Å². The summed E-state index contributed by atoms with van der Waals surface area (Å²) in [5.41, 5.74) is 1.63. The molecule has 1 heterocycles. The molecule has 0 radical (unpaired) electrons. The molecule has 0 bridgehead atoms. The Hall–Kier alpha value is -1.98. The van der Waals surface area contributed by atoms with Gasteiger partial charge in [-0.3, -0.25) is 9.88 Å². The van der Waals surface area contributed by atoms with Gasteiger partial charge in [0.15, 0.2) is 0 Å². The van der Waals surface area contributed by atoms with Crippen molar-refractivity contribution in [2.24, 2.45) is 5.92 Å². The first-order valence-electron chi connectivity index (χ1n) is 8.12. The Bertz CT molecular complexity index is 614. The zero-order chi connectivity index (χ0) is 17.5. The van der Waals surface area contributed by atoms with Crippen LogP contribution in [0.4, 0.5) is 4.39 Å². The van der Waals surface area contributed by atoms with Crippen molar-refractivity contribution in [3.8, 4) is 5.75 Å². The minimum Gasteiger partial charge on any atom is -0.495 e. The number of benzene rings is 1. The van der Waals surface area contributed by atoms with Gasteiger partial charge in [-0.2, -0.15) is 0 Å². The van der Waals surface area contributed by atoms with E-state index in [-0.39, 0.29) is 5.82 Å². The van der Waals surface area contributed by atoms with Crippen LogP contribution in [0.3, 0.4) is 0 Å². The van der Waals surface area contributed by atoms with E-state index < -0.39 is 6.10 Å². The zero-order valence-corrected chi connectivity index (χ0v) is 14.4. The second-order valence-corrected chi connectivity index (χ2v) is 6.34. The van der Waals surface area contributed by atoms with Crippen LogP contribution in [0.2, 0.25) is 0 Å². The van der Waals surface area contributed by atoms with Gasteiger partial charge in [-0.05, 0) is 35.7 Å². The highest BCUT2D eigenvalue weighted by atomic mass is 19.1. The minimum absolute atomic E-state index is 0.299. The first kappa shape index (κ1) is 18.4. The summed E-state index contributed by atoms with van der Waals surface area (Å²) in [5.74, 6) is 0.886. The number of aliphatic hydroxyl groups excluding tert-OH is 1. The van der Waals surface area contributed by atoms with E-state index >= 15 is 0 Å². The second kappa shape index (κ2) is 8.76. The predicted octanol–water partition coefficient (Wildman–Crippen LogP) is 3.42. The summed E-state index contributed by atoms with van der Waals surface area (Å²) in [6, 6.07) is 9.80. The number of aliphatic hydroxyl groups is 1. The number of halogens is 1. The van der Waals surface area contributed by atoms with Gasteiger partial charge in [-0.15, -0.1) is 0 Å². The van der Waals surface area contributed by atoms with Gasteiger partial charge < -0.3 is 9.84 Å². The molecule has 1 atom stereocenters. The molecule has 0 aliphatic rings.